The third-order valence-electron chi connectivity index (χ3n) is 2.35. The van der Waals surface area contributed by atoms with Crippen molar-refractivity contribution >= 4 is 10.8 Å². The number of hydrogen-bond acceptors (Lipinski definition) is 0. The van der Waals surface area contributed by atoms with Crippen LogP contribution in [-0.2, 0) is 0 Å². The van der Waals surface area contributed by atoms with E-state index in [0.717, 1.165) is 0 Å². The minimum absolute atomic E-state index is 0. The molecule has 0 amide bonds. The molecule has 2 nitrogen and oxygen atoms in total. The Bertz CT molecular complexity index is 425. The first-order chi connectivity index (χ1) is 6.29. The van der Waals surface area contributed by atoms with Gasteiger partial charge in [0, 0.05) is 5.56 Å². The molecule has 0 aliphatic carbocycles. The van der Waals surface area contributed by atoms with Crippen LogP contribution in [0.5, 0.6) is 0 Å². The molecule has 0 saturated heterocycles. The van der Waals surface area contributed by atoms with Gasteiger partial charge in [0.1, 0.15) is 6.04 Å². The summed E-state index contributed by atoms with van der Waals surface area (Å²) in [5.41, 5.74) is 5.39. The van der Waals surface area contributed by atoms with E-state index in [1.54, 1.807) is 0 Å². The predicted molar refractivity (Wildman–Crippen MR) is 61.2 cm³/mol. The van der Waals surface area contributed by atoms with Crippen molar-refractivity contribution < 1.29 is 30.5 Å². The summed E-state index contributed by atoms with van der Waals surface area (Å²) in [7, 11) is 0. The minimum Gasteiger partial charge on any atom is -1.00 e. The van der Waals surface area contributed by atoms with Crippen LogP contribution in [0.25, 0.3) is 10.8 Å². The lowest BCUT2D eigenvalue weighted by Gasteiger charge is -2.06. The lowest BCUT2D eigenvalue weighted by Crippen LogP contribution is -3.00. The minimum atomic E-state index is 0. The molecule has 0 aromatic heterocycles. The summed E-state index contributed by atoms with van der Waals surface area (Å²) in [5.74, 6) is 0. The van der Waals surface area contributed by atoms with Crippen LogP contribution in [0.3, 0.4) is 0 Å². The molecule has 0 aliphatic rings. The Kier molecular flexibility index (Phi) is 8.21. The lowest BCUT2D eigenvalue weighted by atomic mass is 10.0. The fraction of sp³-hybridized carbons (Fsp3) is 0.167. The molecule has 0 heterocycles. The zero-order valence-corrected chi connectivity index (χ0v) is 11.1. The van der Waals surface area contributed by atoms with Crippen LogP contribution in [0.1, 0.15) is 18.5 Å². The zero-order chi connectivity index (χ0) is 9.26. The Balaban J connectivity index is 0. The van der Waals surface area contributed by atoms with Gasteiger partial charge in [-0.2, -0.15) is 0 Å². The van der Waals surface area contributed by atoms with Gasteiger partial charge in [-0.1, -0.05) is 42.5 Å². The third kappa shape index (κ3) is 3.35. The molecule has 2 rings (SSSR count). The maximum absolute atomic E-state index is 4.06. The summed E-state index contributed by atoms with van der Waals surface area (Å²) < 4.78 is 0. The molecule has 4 heteroatoms. The number of fused-ring (bicyclic) bond motifs is 1. The van der Waals surface area contributed by atoms with Crippen LogP contribution in [0.15, 0.2) is 42.5 Å². The Morgan fingerprint density at radius 1 is 0.938 bits per heavy atom. The van der Waals surface area contributed by atoms with Gasteiger partial charge in [0.15, 0.2) is 0 Å². The van der Waals surface area contributed by atoms with Crippen LogP contribution < -0.4 is 36.7 Å². The van der Waals surface area contributed by atoms with Crippen molar-refractivity contribution in [2.75, 3.05) is 0 Å². The highest BCUT2D eigenvalue weighted by Gasteiger charge is 2.05. The second kappa shape index (κ2) is 7.47. The van der Waals surface area contributed by atoms with E-state index in [9.17, 15) is 0 Å². The van der Waals surface area contributed by atoms with Crippen LogP contribution in [-0.4, -0.2) is 0 Å². The smallest absolute Gasteiger partial charge is 0.108 e. The van der Waals surface area contributed by atoms with E-state index in [0.29, 0.717) is 6.04 Å². The highest BCUT2D eigenvalue weighted by atomic mass is 35.5. The largest absolute Gasteiger partial charge is 1.00 e. The summed E-state index contributed by atoms with van der Waals surface area (Å²) in [6.45, 7) is 2.13. The van der Waals surface area contributed by atoms with E-state index >= 15 is 0 Å². The highest BCUT2D eigenvalue weighted by molar-refractivity contribution is 5.85. The van der Waals surface area contributed by atoms with Crippen molar-refractivity contribution in [3.8, 4) is 0 Å². The first kappa shape index (κ1) is 17.6. The van der Waals surface area contributed by atoms with Gasteiger partial charge in [-0.3, -0.25) is 0 Å². The van der Waals surface area contributed by atoms with E-state index in [1.807, 2.05) is 0 Å². The molecular weight excluding hydrogens is 243 g/mol. The summed E-state index contributed by atoms with van der Waals surface area (Å²) in [6, 6.07) is 15.2. The topological polar surface area (TPSA) is 64.1 Å². The Labute approximate surface area is 109 Å². The summed E-state index contributed by atoms with van der Waals surface area (Å²) >= 11 is 0. The van der Waals surface area contributed by atoms with Gasteiger partial charge in [-0.15, -0.1) is 0 Å². The number of benzene rings is 2. The first-order valence-electron chi connectivity index (χ1n) is 4.60. The molecule has 1 atom stereocenters. The van der Waals surface area contributed by atoms with Crippen LogP contribution >= 0.6 is 0 Å². The third-order valence-corrected chi connectivity index (χ3v) is 2.35. The quantitative estimate of drug-likeness (QED) is 0.536. The summed E-state index contributed by atoms with van der Waals surface area (Å²) in [6.07, 6.45) is 0. The number of rotatable bonds is 1. The fourth-order valence-electron chi connectivity index (χ4n) is 1.68. The normalized spacial score (nSPS) is 10.6. The van der Waals surface area contributed by atoms with E-state index < -0.39 is 0 Å². The molecule has 16 heavy (non-hydrogen) atoms. The zero-order valence-electron chi connectivity index (χ0n) is 9.58. The molecular formula is C12H18Cl2N2. The Morgan fingerprint density at radius 2 is 1.50 bits per heavy atom. The molecule has 0 aliphatic heterocycles. The molecule has 0 spiro atoms. The van der Waals surface area contributed by atoms with Crippen LogP contribution in [0.4, 0.5) is 0 Å². The second-order valence-electron chi connectivity index (χ2n) is 3.47. The number of hydrogen-bond donors (Lipinski definition) is 2. The highest BCUT2D eigenvalue weighted by Crippen LogP contribution is 2.21. The summed E-state index contributed by atoms with van der Waals surface area (Å²) in [5, 5.41) is 2.63. The van der Waals surface area contributed by atoms with Gasteiger partial charge >= 0.3 is 0 Å². The van der Waals surface area contributed by atoms with Gasteiger partial charge in [0.2, 0.25) is 0 Å². The Hall–Kier alpha value is -0.800. The fourth-order valence-corrected chi connectivity index (χ4v) is 1.68. The molecule has 0 saturated carbocycles. The van der Waals surface area contributed by atoms with Gasteiger partial charge < -0.3 is 36.7 Å². The monoisotopic (exact) mass is 260 g/mol. The molecule has 0 bridgehead atoms. The van der Waals surface area contributed by atoms with Gasteiger partial charge in [0.05, 0.1) is 0 Å². The standard InChI is InChI=1S/C12H13N.2ClH.H3N/c1-9(13)11-8-4-6-10-5-2-3-7-12(10)11;;;/h2-9H,13H2,1H3;2*1H;1H3. The Morgan fingerprint density at radius 3 is 2.12 bits per heavy atom. The molecule has 1 unspecified atom stereocenters. The van der Waals surface area contributed by atoms with Gasteiger partial charge in [-0.25, -0.2) is 0 Å². The van der Waals surface area contributed by atoms with Gasteiger partial charge in [0.25, 0.3) is 0 Å². The molecule has 90 valence electrons. The number of halogens is 2. The molecule has 7 N–H and O–H groups in total. The molecule has 2 aromatic carbocycles. The average Bonchev–Trinajstić information content (AvgIpc) is 2.17. The van der Waals surface area contributed by atoms with Gasteiger partial charge in [-0.05, 0) is 17.7 Å². The first-order valence-corrected chi connectivity index (χ1v) is 4.60. The van der Waals surface area contributed by atoms with Crippen LogP contribution in [0, 0.1) is 0 Å². The second-order valence-corrected chi connectivity index (χ2v) is 3.47. The van der Waals surface area contributed by atoms with Crippen molar-refractivity contribution in [1.29, 1.82) is 0 Å². The van der Waals surface area contributed by atoms with E-state index in [2.05, 4.69) is 55.1 Å². The SMILES string of the molecule is CC([NH3+])c1cccc2ccccc12.[Cl-].[Cl-].[NH4+]. The molecule has 0 radical (unpaired) electrons. The maximum Gasteiger partial charge on any atom is 0.108 e. The average molecular weight is 261 g/mol. The predicted octanol–water partition coefficient (Wildman–Crippen LogP) is -3.47. The lowest BCUT2D eigenvalue weighted by molar-refractivity contribution is -0.420. The maximum atomic E-state index is 4.06. The van der Waals surface area contributed by atoms with E-state index in [-0.39, 0.29) is 31.0 Å². The number of quaternary nitrogens is 2. The van der Waals surface area contributed by atoms with E-state index in [1.165, 1.54) is 16.3 Å². The van der Waals surface area contributed by atoms with Crippen LogP contribution in [0.2, 0.25) is 0 Å². The van der Waals surface area contributed by atoms with Crippen molar-refractivity contribution in [2.24, 2.45) is 0 Å². The van der Waals surface area contributed by atoms with Crippen molar-refractivity contribution in [3.05, 3.63) is 48.0 Å². The molecule has 2 aromatic rings. The van der Waals surface area contributed by atoms with Crippen molar-refractivity contribution in [1.82, 2.24) is 6.15 Å². The summed E-state index contributed by atoms with van der Waals surface area (Å²) in [4.78, 5) is 0. The van der Waals surface area contributed by atoms with Crippen molar-refractivity contribution in [2.45, 2.75) is 13.0 Å². The van der Waals surface area contributed by atoms with E-state index in [4.69, 9.17) is 0 Å². The molecule has 0 fully saturated rings. The van der Waals surface area contributed by atoms with Crippen molar-refractivity contribution in [3.63, 3.8) is 0 Å².